The molecule has 148 valence electrons. The standard InChI is InChI=1S/C19H18F3N3O3/c20-19(21,22)13-8-9-17(24-10-4-1-5-11-24)15(12-13)23-18(26)14-6-2-3-7-16(14)25(27)28/h2-3,6-9,12H,1,4-5,10-11H2,(H,23,26). The third-order valence-electron chi connectivity index (χ3n) is 4.61. The molecule has 1 aliphatic rings. The molecule has 9 heteroatoms. The van der Waals surface area contributed by atoms with Crippen molar-refractivity contribution in [1.29, 1.82) is 0 Å². The Bertz CT molecular complexity index is 893. The van der Waals surface area contributed by atoms with Gasteiger partial charge in [0.1, 0.15) is 5.56 Å². The molecule has 28 heavy (non-hydrogen) atoms. The minimum atomic E-state index is -4.57. The van der Waals surface area contributed by atoms with Crippen LogP contribution in [0.4, 0.5) is 30.2 Å². The van der Waals surface area contributed by atoms with Crippen LogP contribution >= 0.6 is 0 Å². The van der Waals surface area contributed by atoms with Crippen LogP contribution in [0.3, 0.4) is 0 Å². The van der Waals surface area contributed by atoms with Crippen molar-refractivity contribution >= 4 is 23.0 Å². The Morgan fingerprint density at radius 2 is 1.75 bits per heavy atom. The number of carbonyl (C=O) groups excluding carboxylic acids is 1. The lowest BCUT2D eigenvalue weighted by atomic mass is 10.1. The maximum absolute atomic E-state index is 13.2. The molecule has 1 amide bonds. The number of alkyl halides is 3. The van der Waals surface area contributed by atoms with Crippen LogP contribution in [0.1, 0.15) is 35.2 Å². The van der Waals surface area contributed by atoms with Crippen molar-refractivity contribution in [2.24, 2.45) is 0 Å². The first-order chi connectivity index (χ1) is 13.3. The molecule has 3 rings (SSSR count). The fourth-order valence-electron chi connectivity index (χ4n) is 3.24. The van der Waals surface area contributed by atoms with Crippen molar-refractivity contribution in [3.8, 4) is 0 Å². The normalized spacial score (nSPS) is 14.6. The van der Waals surface area contributed by atoms with E-state index < -0.39 is 28.3 Å². The predicted molar refractivity (Wildman–Crippen MR) is 98.6 cm³/mol. The van der Waals surface area contributed by atoms with Crippen LogP contribution in [-0.2, 0) is 6.18 Å². The van der Waals surface area contributed by atoms with Gasteiger partial charge in [0.05, 0.1) is 21.9 Å². The summed E-state index contributed by atoms with van der Waals surface area (Å²) < 4.78 is 39.5. The molecule has 0 atom stereocenters. The summed E-state index contributed by atoms with van der Waals surface area (Å²) in [5.74, 6) is -0.829. The van der Waals surface area contributed by atoms with E-state index in [1.807, 2.05) is 4.90 Å². The predicted octanol–water partition coefficient (Wildman–Crippen LogP) is 4.86. The van der Waals surface area contributed by atoms with E-state index in [0.29, 0.717) is 18.8 Å². The van der Waals surface area contributed by atoms with E-state index in [4.69, 9.17) is 0 Å². The summed E-state index contributed by atoms with van der Waals surface area (Å²) in [6.07, 6.45) is -1.73. The number of amides is 1. The van der Waals surface area contributed by atoms with Crippen molar-refractivity contribution in [3.05, 3.63) is 63.7 Å². The number of piperidine rings is 1. The molecule has 0 bridgehead atoms. The first kappa shape index (κ1) is 19.7. The Hall–Kier alpha value is -3.10. The van der Waals surface area contributed by atoms with E-state index in [1.54, 1.807) is 0 Å². The van der Waals surface area contributed by atoms with Crippen LogP contribution in [0.15, 0.2) is 42.5 Å². The number of anilines is 2. The summed E-state index contributed by atoms with van der Waals surface area (Å²) in [4.78, 5) is 25.0. The molecule has 0 radical (unpaired) electrons. The van der Waals surface area contributed by atoms with E-state index in [-0.39, 0.29) is 11.3 Å². The van der Waals surface area contributed by atoms with E-state index in [9.17, 15) is 28.1 Å². The number of nitro groups is 1. The molecule has 1 heterocycles. The van der Waals surface area contributed by atoms with E-state index in [2.05, 4.69) is 5.32 Å². The number of halogens is 3. The number of rotatable bonds is 4. The van der Waals surface area contributed by atoms with Crippen LogP contribution in [-0.4, -0.2) is 23.9 Å². The lowest BCUT2D eigenvalue weighted by molar-refractivity contribution is -0.385. The molecular formula is C19H18F3N3O3. The lowest BCUT2D eigenvalue weighted by Gasteiger charge is -2.31. The number of hydrogen-bond donors (Lipinski definition) is 1. The summed E-state index contributed by atoms with van der Waals surface area (Å²) in [6.45, 7) is 1.33. The molecule has 6 nitrogen and oxygen atoms in total. The number of benzene rings is 2. The molecular weight excluding hydrogens is 375 g/mol. The zero-order valence-electron chi connectivity index (χ0n) is 14.8. The summed E-state index contributed by atoms with van der Waals surface area (Å²) >= 11 is 0. The second-order valence-electron chi connectivity index (χ2n) is 6.51. The van der Waals surface area contributed by atoms with E-state index in [0.717, 1.165) is 31.4 Å². The molecule has 2 aromatic carbocycles. The van der Waals surface area contributed by atoms with Gasteiger partial charge >= 0.3 is 6.18 Å². The number of nitro benzene ring substituents is 1. The molecule has 1 N–H and O–H groups in total. The lowest BCUT2D eigenvalue weighted by Crippen LogP contribution is -2.30. The fraction of sp³-hybridized carbons (Fsp3) is 0.316. The number of hydrogen-bond acceptors (Lipinski definition) is 4. The molecule has 0 saturated carbocycles. The molecule has 0 aromatic heterocycles. The van der Waals surface area contributed by atoms with Gasteiger partial charge in [-0.05, 0) is 43.5 Å². The summed E-state index contributed by atoms with van der Waals surface area (Å²) in [5.41, 5.74) is -1.06. The second-order valence-corrected chi connectivity index (χ2v) is 6.51. The molecule has 1 aliphatic heterocycles. The number of nitrogens with zero attached hydrogens (tertiary/aromatic N) is 2. The topological polar surface area (TPSA) is 75.5 Å². The smallest absolute Gasteiger partial charge is 0.370 e. The van der Waals surface area contributed by atoms with Crippen LogP contribution in [0.5, 0.6) is 0 Å². The monoisotopic (exact) mass is 393 g/mol. The van der Waals surface area contributed by atoms with Gasteiger partial charge in [0, 0.05) is 19.2 Å². The summed E-state index contributed by atoms with van der Waals surface area (Å²) in [5, 5.41) is 13.6. The van der Waals surface area contributed by atoms with Crippen molar-refractivity contribution in [2.45, 2.75) is 25.4 Å². The van der Waals surface area contributed by atoms with Gasteiger partial charge in [0.15, 0.2) is 0 Å². The molecule has 2 aromatic rings. The summed E-state index contributed by atoms with van der Waals surface area (Å²) in [7, 11) is 0. The third-order valence-corrected chi connectivity index (χ3v) is 4.61. The van der Waals surface area contributed by atoms with Crippen LogP contribution in [0.2, 0.25) is 0 Å². The van der Waals surface area contributed by atoms with Gasteiger partial charge in [-0.2, -0.15) is 13.2 Å². The Morgan fingerprint density at radius 1 is 1.07 bits per heavy atom. The van der Waals surface area contributed by atoms with Crippen molar-refractivity contribution in [1.82, 2.24) is 0 Å². The first-order valence-corrected chi connectivity index (χ1v) is 8.78. The Morgan fingerprint density at radius 3 is 2.39 bits per heavy atom. The van der Waals surface area contributed by atoms with Crippen LogP contribution in [0, 0.1) is 10.1 Å². The molecule has 0 aliphatic carbocycles. The molecule has 0 unspecified atom stereocenters. The first-order valence-electron chi connectivity index (χ1n) is 8.78. The van der Waals surface area contributed by atoms with Gasteiger partial charge in [-0.1, -0.05) is 12.1 Å². The highest BCUT2D eigenvalue weighted by atomic mass is 19.4. The van der Waals surface area contributed by atoms with Gasteiger partial charge in [-0.25, -0.2) is 0 Å². The highest BCUT2D eigenvalue weighted by Crippen LogP contribution is 2.36. The van der Waals surface area contributed by atoms with Gasteiger partial charge in [-0.15, -0.1) is 0 Å². The highest BCUT2D eigenvalue weighted by molar-refractivity contribution is 6.08. The Kier molecular flexibility index (Phi) is 5.53. The van der Waals surface area contributed by atoms with Crippen molar-refractivity contribution < 1.29 is 22.9 Å². The van der Waals surface area contributed by atoms with Gasteiger partial charge in [-0.3, -0.25) is 14.9 Å². The zero-order valence-corrected chi connectivity index (χ0v) is 14.8. The molecule has 0 spiro atoms. The average molecular weight is 393 g/mol. The maximum atomic E-state index is 13.2. The minimum absolute atomic E-state index is 0.0140. The zero-order chi connectivity index (χ0) is 20.3. The SMILES string of the molecule is O=C(Nc1cc(C(F)(F)F)ccc1N1CCCCC1)c1ccccc1[N+](=O)[O-]. The fourth-order valence-corrected chi connectivity index (χ4v) is 3.24. The number of nitrogens with one attached hydrogen (secondary N) is 1. The van der Waals surface area contributed by atoms with Gasteiger partial charge in [0.2, 0.25) is 0 Å². The largest absolute Gasteiger partial charge is 0.416 e. The van der Waals surface area contributed by atoms with Crippen molar-refractivity contribution in [2.75, 3.05) is 23.3 Å². The van der Waals surface area contributed by atoms with Gasteiger partial charge in [0.25, 0.3) is 11.6 Å². The molecule has 1 fully saturated rings. The highest BCUT2D eigenvalue weighted by Gasteiger charge is 2.32. The Balaban J connectivity index is 1.99. The van der Waals surface area contributed by atoms with Crippen molar-refractivity contribution in [3.63, 3.8) is 0 Å². The second kappa shape index (κ2) is 7.87. The number of carbonyl (C=O) groups is 1. The Labute approximate surface area is 159 Å². The average Bonchev–Trinajstić information content (AvgIpc) is 2.68. The van der Waals surface area contributed by atoms with Crippen LogP contribution in [0.25, 0.3) is 0 Å². The summed E-state index contributed by atoms with van der Waals surface area (Å²) in [6, 6.07) is 8.50. The van der Waals surface area contributed by atoms with E-state index in [1.165, 1.54) is 30.3 Å². The van der Waals surface area contributed by atoms with E-state index >= 15 is 0 Å². The quantitative estimate of drug-likeness (QED) is 0.595. The van der Waals surface area contributed by atoms with Crippen LogP contribution < -0.4 is 10.2 Å². The molecule has 1 saturated heterocycles. The maximum Gasteiger partial charge on any atom is 0.416 e. The third kappa shape index (κ3) is 4.24. The number of para-hydroxylation sites is 1. The van der Waals surface area contributed by atoms with Gasteiger partial charge < -0.3 is 10.2 Å². The minimum Gasteiger partial charge on any atom is -0.370 e.